The first-order valence-corrected chi connectivity index (χ1v) is 5.98. The van der Waals surface area contributed by atoms with E-state index in [0.29, 0.717) is 19.6 Å². The quantitative estimate of drug-likeness (QED) is 0.523. The van der Waals surface area contributed by atoms with E-state index in [2.05, 4.69) is 16.0 Å². The van der Waals surface area contributed by atoms with Crippen molar-refractivity contribution in [3.63, 3.8) is 0 Å². The monoisotopic (exact) mass is 243 g/mol. The molecule has 0 aromatic heterocycles. The molecule has 0 radical (unpaired) electrons. The second-order valence-electron chi connectivity index (χ2n) is 4.12. The van der Waals surface area contributed by atoms with E-state index in [1.165, 1.54) is 0 Å². The van der Waals surface area contributed by atoms with Gasteiger partial charge in [-0.1, -0.05) is 0 Å². The molecule has 0 spiro atoms. The molecule has 1 aliphatic heterocycles. The third-order valence-corrected chi connectivity index (χ3v) is 2.66. The Labute approximate surface area is 101 Å². The summed E-state index contributed by atoms with van der Waals surface area (Å²) >= 11 is 0. The topological polar surface area (TPSA) is 79.5 Å². The molecule has 6 heteroatoms. The van der Waals surface area contributed by atoms with Gasteiger partial charge in [-0.25, -0.2) is 0 Å². The molecule has 1 saturated heterocycles. The Morgan fingerprint density at radius 2 is 2.41 bits per heavy atom. The van der Waals surface area contributed by atoms with Crippen LogP contribution in [0.25, 0.3) is 0 Å². The molecule has 1 aliphatic rings. The van der Waals surface area contributed by atoms with Gasteiger partial charge in [0.25, 0.3) is 0 Å². The Morgan fingerprint density at radius 3 is 3.18 bits per heavy atom. The summed E-state index contributed by atoms with van der Waals surface area (Å²) in [5, 5.41) is 8.64. The summed E-state index contributed by atoms with van der Waals surface area (Å²) in [5.41, 5.74) is 0. The standard InChI is InChI=1S/C11H21N3O3/c1-17-6-5-13-11(16)8-14-9-3-2-4-12-10(15)7-9/h9,14H,2-8H2,1H3,(H,12,15)(H,13,16). The van der Waals surface area contributed by atoms with E-state index in [-0.39, 0.29) is 24.4 Å². The summed E-state index contributed by atoms with van der Waals surface area (Å²) in [6, 6.07) is 0.102. The number of hydrogen-bond acceptors (Lipinski definition) is 4. The Kier molecular flexibility index (Phi) is 6.57. The van der Waals surface area contributed by atoms with E-state index in [1.54, 1.807) is 7.11 Å². The molecule has 98 valence electrons. The summed E-state index contributed by atoms with van der Waals surface area (Å²) < 4.78 is 4.83. The number of nitrogens with one attached hydrogen (secondary N) is 3. The number of amides is 2. The fourth-order valence-electron chi connectivity index (χ4n) is 1.74. The number of hydrogen-bond donors (Lipinski definition) is 3. The summed E-state index contributed by atoms with van der Waals surface area (Å²) in [5.74, 6) is -0.00787. The maximum absolute atomic E-state index is 11.4. The molecule has 0 aromatic carbocycles. The van der Waals surface area contributed by atoms with Crippen LogP contribution >= 0.6 is 0 Å². The highest BCUT2D eigenvalue weighted by Crippen LogP contribution is 2.05. The van der Waals surface area contributed by atoms with Crippen molar-refractivity contribution in [3.05, 3.63) is 0 Å². The molecule has 1 rings (SSSR count). The van der Waals surface area contributed by atoms with E-state index in [1.807, 2.05) is 0 Å². The van der Waals surface area contributed by atoms with Gasteiger partial charge < -0.3 is 20.7 Å². The predicted octanol–water partition coefficient (Wildman–Crippen LogP) is -0.993. The molecule has 3 N–H and O–H groups in total. The van der Waals surface area contributed by atoms with Crippen LogP contribution in [0.1, 0.15) is 19.3 Å². The molecule has 0 aromatic rings. The minimum Gasteiger partial charge on any atom is -0.383 e. The van der Waals surface area contributed by atoms with Crippen LogP contribution in [-0.2, 0) is 14.3 Å². The Bertz CT molecular complexity index is 258. The Morgan fingerprint density at radius 1 is 1.59 bits per heavy atom. The van der Waals surface area contributed by atoms with Crippen LogP contribution in [0, 0.1) is 0 Å². The largest absolute Gasteiger partial charge is 0.383 e. The highest BCUT2D eigenvalue weighted by Gasteiger charge is 2.17. The van der Waals surface area contributed by atoms with Crippen molar-refractivity contribution < 1.29 is 14.3 Å². The lowest BCUT2D eigenvalue weighted by atomic mass is 10.1. The predicted molar refractivity (Wildman–Crippen MR) is 63.5 cm³/mol. The molecule has 6 nitrogen and oxygen atoms in total. The van der Waals surface area contributed by atoms with Crippen LogP contribution in [0.5, 0.6) is 0 Å². The number of ether oxygens (including phenoxy) is 1. The van der Waals surface area contributed by atoms with E-state index in [4.69, 9.17) is 4.74 Å². The molecular formula is C11H21N3O3. The third kappa shape index (κ3) is 6.23. The summed E-state index contributed by atoms with van der Waals surface area (Å²) in [6.45, 7) is 2.01. The number of methoxy groups -OCH3 is 1. The van der Waals surface area contributed by atoms with Gasteiger partial charge in [0.2, 0.25) is 11.8 Å². The second-order valence-corrected chi connectivity index (χ2v) is 4.12. The van der Waals surface area contributed by atoms with Gasteiger partial charge in [0.15, 0.2) is 0 Å². The van der Waals surface area contributed by atoms with Gasteiger partial charge in [-0.05, 0) is 12.8 Å². The van der Waals surface area contributed by atoms with Crippen molar-refractivity contribution in [2.24, 2.45) is 0 Å². The zero-order valence-electron chi connectivity index (χ0n) is 10.3. The average Bonchev–Trinajstić information content (AvgIpc) is 2.51. The lowest BCUT2D eigenvalue weighted by Gasteiger charge is -2.14. The van der Waals surface area contributed by atoms with Crippen molar-refractivity contribution in [2.45, 2.75) is 25.3 Å². The fourth-order valence-corrected chi connectivity index (χ4v) is 1.74. The molecule has 17 heavy (non-hydrogen) atoms. The first-order chi connectivity index (χ1) is 8.22. The second kappa shape index (κ2) is 8.03. The van der Waals surface area contributed by atoms with Crippen molar-refractivity contribution in [1.82, 2.24) is 16.0 Å². The van der Waals surface area contributed by atoms with Gasteiger partial charge in [0.05, 0.1) is 13.2 Å². The molecule has 0 aliphatic carbocycles. The van der Waals surface area contributed by atoms with Gasteiger partial charge in [-0.2, -0.15) is 0 Å². The molecule has 1 atom stereocenters. The minimum atomic E-state index is -0.0632. The van der Waals surface area contributed by atoms with Crippen molar-refractivity contribution in [3.8, 4) is 0 Å². The van der Waals surface area contributed by atoms with E-state index >= 15 is 0 Å². The SMILES string of the molecule is COCCNC(=O)CNC1CCCNC(=O)C1. The van der Waals surface area contributed by atoms with Crippen molar-refractivity contribution in [1.29, 1.82) is 0 Å². The van der Waals surface area contributed by atoms with Gasteiger partial charge in [-0.15, -0.1) is 0 Å². The maximum Gasteiger partial charge on any atom is 0.234 e. The van der Waals surface area contributed by atoms with Crippen LogP contribution in [0.4, 0.5) is 0 Å². The summed E-state index contributed by atoms with van der Waals surface area (Å²) in [7, 11) is 1.59. The van der Waals surface area contributed by atoms with Gasteiger partial charge in [0, 0.05) is 32.7 Å². The minimum absolute atomic E-state index is 0.0554. The van der Waals surface area contributed by atoms with Gasteiger partial charge >= 0.3 is 0 Å². The zero-order chi connectivity index (χ0) is 12.5. The van der Waals surface area contributed by atoms with Crippen LogP contribution < -0.4 is 16.0 Å². The fraction of sp³-hybridized carbons (Fsp3) is 0.818. The maximum atomic E-state index is 11.4. The van der Waals surface area contributed by atoms with Crippen LogP contribution in [0.15, 0.2) is 0 Å². The van der Waals surface area contributed by atoms with Crippen LogP contribution in [0.2, 0.25) is 0 Å². The molecule has 0 bridgehead atoms. The van der Waals surface area contributed by atoms with E-state index < -0.39 is 0 Å². The first kappa shape index (κ1) is 13.9. The number of carbonyl (C=O) groups is 2. The number of rotatable bonds is 6. The molecule has 0 saturated carbocycles. The van der Waals surface area contributed by atoms with Crippen LogP contribution in [-0.4, -0.2) is 51.2 Å². The number of carbonyl (C=O) groups excluding carboxylic acids is 2. The molecular weight excluding hydrogens is 222 g/mol. The lowest BCUT2D eigenvalue weighted by Crippen LogP contribution is -2.41. The van der Waals surface area contributed by atoms with E-state index in [0.717, 1.165) is 19.4 Å². The lowest BCUT2D eigenvalue weighted by molar-refractivity contribution is -0.122. The van der Waals surface area contributed by atoms with E-state index in [9.17, 15) is 9.59 Å². The molecule has 1 unspecified atom stereocenters. The zero-order valence-corrected chi connectivity index (χ0v) is 10.3. The Balaban J connectivity index is 2.15. The molecule has 1 fully saturated rings. The third-order valence-electron chi connectivity index (χ3n) is 2.66. The normalized spacial score (nSPS) is 20.5. The highest BCUT2D eigenvalue weighted by atomic mass is 16.5. The molecule has 2 amide bonds. The smallest absolute Gasteiger partial charge is 0.234 e. The first-order valence-electron chi connectivity index (χ1n) is 5.98. The van der Waals surface area contributed by atoms with Crippen LogP contribution in [0.3, 0.4) is 0 Å². The highest BCUT2D eigenvalue weighted by molar-refractivity contribution is 5.79. The Hall–Kier alpha value is -1.14. The van der Waals surface area contributed by atoms with Gasteiger partial charge in [-0.3, -0.25) is 9.59 Å². The van der Waals surface area contributed by atoms with Crippen molar-refractivity contribution in [2.75, 3.05) is 33.4 Å². The average molecular weight is 243 g/mol. The summed E-state index contributed by atoms with van der Waals surface area (Å²) in [6.07, 6.45) is 2.32. The van der Waals surface area contributed by atoms with Gasteiger partial charge in [0.1, 0.15) is 0 Å². The van der Waals surface area contributed by atoms with Crippen molar-refractivity contribution >= 4 is 11.8 Å². The molecule has 1 heterocycles. The summed E-state index contributed by atoms with van der Waals surface area (Å²) in [4.78, 5) is 22.7.